The molecule has 0 unspecified atom stereocenters. The van der Waals surface area contributed by atoms with Crippen molar-refractivity contribution in [2.24, 2.45) is 0 Å². The van der Waals surface area contributed by atoms with Gasteiger partial charge in [0.1, 0.15) is 17.1 Å². The number of amides is 1. The van der Waals surface area contributed by atoms with E-state index in [9.17, 15) is 14.7 Å². The molecule has 0 fully saturated rings. The van der Waals surface area contributed by atoms with Gasteiger partial charge in [-0.05, 0) is 53.8 Å². The maximum atomic E-state index is 13.2. The fourth-order valence-corrected chi connectivity index (χ4v) is 3.98. The number of rotatable bonds is 5. The molecule has 1 aromatic heterocycles. The number of hydrogen-bond acceptors (Lipinski definition) is 4. The van der Waals surface area contributed by atoms with E-state index in [1.165, 1.54) is 12.3 Å². The molecule has 0 saturated carbocycles. The second kappa shape index (κ2) is 9.06. The van der Waals surface area contributed by atoms with Crippen LogP contribution in [0.4, 0.5) is 5.69 Å². The van der Waals surface area contributed by atoms with Crippen LogP contribution >= 0.6 is 0 Å². The number of aromatic hydroxyl groups is 1. The summed E-state index contributed by atoms with van der Waals surface area (Å²) in [4.78, 5) is 29.1. The molecule has 174 valence electrons. The summed E-state index contributed by atoms with van der Waals surface area (Å²) in [6, 6.07) is 18.0. The van der Waals surface area contributed by atoms with Crippen molar-refractivity contribution in [1.29, 1.82) is 0 Å². The zero-order valence-electron chi connectivity index (χ0n) is 19.7. The second-order valence-corrected chi connectivity index (χ2v) is 9.16. The Balaban J connectivity index is 1.82. The quantitative estimate of drug-likeness (QED) is 0.351. The van der Waals surface area contributed by atoms with Crippen LogP contribution in [0.3, 0.4) is 0 Å². The second-order valence-electron chi connectivity index (χ2n) is 9.16. The maximum absolute atomic E-state index is 13.2. The van der Waals surface area contributed by atoms with Gasteiger partial charge in [0, 0.05) is 28.7 Å². The minimum atomic E-state index is -0.558. The average molecular weight is 457 g/mol. The molecule has 6 nitrogen and oxygen atoms in total. The third kappa shape index (κ3) is 4.53. The highest BCUT2D eigenvalue weighted by Crippen LogP contribution is 2.40. The lowest BCUT2D eigenvalue weighted by molar-refractivity contribution is 0.102. The normalized spacial score (nSPS) is 11.4. The Morgan fingerprint density at radius 3 is 2.56 bits per heavy atom. The molecular weight excluding hydrogens is 428 g/mol. The van der Waals surface area contributed by atoms with Crippen LogP contribution in [-0.2, 0) is 5.41 Å². The van der Waals surface area contributed by atoms with Crippen molar-refractivity contribution in [2.75, 3.05) is 11.9 Å². The molecule has 3 N–H and O–H groups in total. The standard InChI is InChI=1S/C28H28N2O4/c1-5-34-18-10-8-9-17(13-18)20-14-22(28(2,3)4)25(31)15-24(20)30-27(33)21-16-29-23-12-7-6-11-19(23)26(21)32/h6-16,31H,5H2,1-4H3,(H,29,32)(H,30,33). The number of carbonyl (C=O) groups excluding carboxylic acids is 1. The molecule has 0 saturated heterocycles. The topological polar surface area (TPSA) is 91.4 Å². The predicted molar refractivity (Wildman–Crippen MR) is 136 cm³/mol. The van der Waals surface area contributed by atoms with E-state index in [0.717, 1.165) is 16.7 Å². The first kappa shape index (κ1) is 23.1. The number of aromatic amines is 1. The number of para-hydroxylation sites is 1. The van der Waals surface area contributed by atoms with Crippen LogP contribution in [-0.4, -0.2) is 22.6 Å². The molecule has 0 aliphatic heterocycles. The van der Waals surface area contributed by atoms with Gasteiger partial charge < -0.3 is 20.1 Å². The van der Waals surface area contributed by atoms with E-state index in [2.05, 4.69) is 10.3 Å². The van der Waals surface area contributed by atoms with Crippen molar-refractivity contribution in [2.45, 2.75) is 33.1 Å². The number of fused-ring (bicyclic) bond motifs is 1. The number of nitrogens with one attached hydrogen (secondary N) is 2. The van der Waals surface area contributed by atoms with E-state index in [0.29, 0.717) is 28.9 Å². The van der Waals surface area contributed by atoms with Crippen molar-refractivity contribution in [3.8, 4) is 22.6 Å². The van der Waals surface area contributed by atoms with Crippen LogP contribution in [0.5, 0.6) is 11.5 Å². The summed E-state index contributed by atoms with van der Waals surface area (Å²) >= 11 is 0. The van der Waals surface area contributed by atoms with Gasteiger partial charge in [0.25, 0.3) is 5.91 Å². The molecule has 4 aromatic rings. The van der Waals surface area contributed by atoms with Gasteiger partial charge in [0.15, 0.2) is 0 Å². The van der Waals surface area contributed by atoms with Crippen molar-refractivity contribution >= 4 is 22.5 Å². The van der Waals surface area contributed by atoms with Gasteiger partial charge in [-0.25, -0.2) is 0 Å². The molecule has 6 heteroatoms. The summed E-state index contributed by atoms with van der Waals surface area (Å²) in [6.45, 7) is 8.47. The fraction of sp³-hybridized carbons (Fsp3) is 0.214. The SMILES string of the molecule is CCOc1cccc(-c2cc(C(C)(C)C)c(O)cc2NC(=O)c2c[nH]c3ccccc3c2=O)c1. The van der Waals surface area contributed by atoms with Gasteiger partial charge in [-0.2, -0.15) is 0 Å². The Labute approximate surface area is 198 Å². The van der Waals surface area contributed by atoms with E-state index in [1.54, 1.807) is 18.2 Å². The number of benzene rings is 3. The molecule has 3 aromatic carbocycles. The summed E-state index contributed by atoms with van der Waals surface area (Å²) in [7, 11) is 0. The molecule has 0 bridgehead atoms. The minimum absolute atomic E-state index is 0.00731. The van der Waals surface area contributed by atoms with Crippen LogP contribution in [0, 0.1) is 0 Å². The smallest absolute Gasteiger partial charge is 0.261 e. The van der Waals surface area contributed by atoms with E-state index in [-0.39, 0.29) is 22.2 Å². The monoisotopic (exact) mass is 456 g/mol. The molecule has 1 amide bonds. The Kier molecular flexibility index (Phi) is 6.16. The number of pyridine rings is 1. The summed E-state index contributed by atoms with van der Waals surface area (Å²) in [5.41, 5.74) is 2.64. The lowest BCUT2D eigenvalue weighted by Gasteiger charge is -2.23. The molecule has 4 rings (SSSR count). The van der Waals surface area contributed by atoms with E-state index in [4.69, 9.17) is 4.74 Å². The molecule has 1 heterocycles. The van der Waals surface area contributed by atoms with Crippen LogP contribution in [0.2, 0.25) is 0 Å². The number of phenols is 1. The minimum Gasteiger partial charge on any atom is -0.508 e. The van der Waals surface area contributed by atoms with Gasteiger partial charge in [0.05, 0.1) is 12.3 Å². The largest absolute Gasteiger partial charge is 0.508 e. The number of H-pyrrole nitrogens is 1. The first-order valence-electron chi connectivity index (χ1n) is 11.2. The summed E-state index contributed by atoms with van der Waals surface area (Å²) in [5.74, 6) is 0.214. The third-order valence-electron chi connectivity index (χ3n) is 5.68. The molecule has 0 aliphatic carbocycles. The van der Waals surface area contributed by atoms with Gasteiger partial charge in [-0.3, -0.25) is 9.59 Å². The third-order valence-corrected chi connectivity index (χ3v) is 5.68. The number of anilines is 1. The molecule has 0 spiro atoms. The van der Waals surface area contributed by atoms with E-state index >= 15 is 0 Å². The zero-order valence-corrected chi connectivity index (χ0v) is 19.7. The molecule has 34 heavy (non-hydrogen) atoms. The highest BCUT2D eigenvalue weighted by atomic mass is 16.5. The van der Waals surface area contributed by atoms with Crippen LogP contribution < -0.4 is 15.5 Å². The maximum Gasteiger partial charge on any atom is 0.261 e. The Morgan fingerprint density at radius 1 is 1.06 bits per heavy atom. The highest BCUT2D eigenvalue weighted by molar-refractivity contribution is 6.07. The van der Waals surface area contributed by atoms with Gasteiger partial charge in [-0.1, -0.05) is 45.0 Å². The summed E-state index contributed by atoms with van der Waals surface area (Å²) < 4.78 is 5.65. The summed E-state index contributed by atoms with van der Waals surface area (Å²) in [5, 5.41) is 14.1. The first-order chi connectivity index (χ1) is 16.2. The van der Waals surface area contributed by atoms with Crippen LogP contribution in [0.25, 0.3) is 22.0 Å². The molecular formula is C28H28N2O4. The first-order valence-corrected chi connectivity index (χ1v) is 11.2. The number of hydrogen-bond donors (Lipinski definition) is 3. The Hall–Kier alpha value is -4.06. The molecule has 0 atom stereocenters. The lowest BCUT2D eigenvalue weighted by atomic mass is 9.84. The van der Waals surface area contributed by atoms with E-state index < -0.39 is 5.91 Å². The zero-order chi connectivity index (χ0) is 24.5. The van der Waals surface area contributed by atoms with Crippen LogP contribution in [0.15, 0.2) is 71.7 Å². The number of ether oxygens (including phenoxy) is 1. The van der Waals surface area contributed by atoms with Gasteiger partial charge >= 0.3 is 0 Å². The van der Waals surface area contributed by atoms with Crippen molar-refractivity contribution in [3.63, 3.8) is 0 Å². The van der Waals surface area contributed by atoms with Crippen molar-refractivity contribution in [3.05, 3.63) is 88.2 Å². The van der Waals surface area contributed by atoms with Crippen LogP contribution in [0.1, 0.15) is 43.6 Å². The molecule has 0 radical (unpaired) electrons. The average Bonchev–Trinajstić information content (AvgIpc) is 2.79. The predicted octanol–water partition coefficient (Wildman–Crippen LogP) is 5.85. The number of phenolic OH excluding ortho intramolecular Hbond substituents is 1. The Bertz CT molecular complexity index is 1430. The lowest BCUT2D eigenvalue weighted by Crippen LogP contribution is -2.22. The molecule has 0 aliphatic rings. The van der Waals surface area contributed by atoms with Gasteiger partial charge in [-0.15, -0.1) is 0 Å². The number of aromatic nitrogens is 1. The number of carbonyl (C=O) groups is 1. The van der Waals surface area contributed by atoms with Crippen molar-refractivity contribution in [1.82, 2.24) is 4.98 Å². The highest BCUT2D eigenvalue weighted by Gasteiger charge is 2.23. The van der Waals surface area contributed by atoms with Crippen molar-refractivity contribution < 1.29 is 14.6 Å². The van der Waals surface area contributed by atoms with Gasteiger partial charge in [0.2, 0.25) is 5.43 Å². The Morgan fingerprint density at radius 2 is 1.82 bits per heavy atom. The fourth-order valence-electron chi connectivity index (χ4n) is 3.98. The van der Waals surface area contributed by atoms with E-state index in [1.807, 2.05) is 64.1 Å². The summed E-state index contributed by atoms with van der Waals surface area (Å²) in [6.07, 6.45) is 1.42.